The lowest BCUT2D eigenvalue weighted by molar-refractivity contribution is 0.585. The summed E-state index contributed by atoms with van der Waals surface area (Å²) in [5.74, 6) is 4.15. The van der Waals surface area contributed by atoms with Gasteiger partial charge in [-0.15, -0.1) is 5.10 Å². The standard InChI is InChI=1S/C13H19N5OS/c1-3-10-14-13-9-12(15-11(4-2)18(13)16-10)17-5-7-20(19)8-6-17/h9H,3-8H2,1-2H3. The molecule has 0 amide bonds. The van der Waals surface area contributed by atoms with Crippen LogP contribution in [0.1, 0.15) is 25.5 Å². The molecular formula is C13H19N5OS. The lowest BCUT2D eigenvalue weighted by atomic mass is 10.4. The number of nitrogens with zero attached hydrogens (tertiary/aromatic N) is 5. The lowest BCUT2D eigenvalue weighted by Crippen LogP contribution is -2.40. The Morgan fingerprint density at radius 1 is 1.20 bits per heavy atom. The van der Waals surface area contributed by atoms with Crippen LogP contribution in [0.15, 0.2) is 6.07 Å². The van der Waals surface area contributed by atoms with Crippen molar-refractivity contribution in [2.24, 2.45) is 0 Å². The number of hydrogen-bond donors (Lipinski definition) is 0. The predicted octanol–water partition coefficient (Wildman–Crippen LogP) is 0.818. The molecule has 1 fully saturated rings. The summed E-state index contributed by atoms with van der Waals surface area (Å²) in [7, 11) is 0. The van der Waals surface area contributed by atoms with E-state index in [0.29, 0.717) is 0 Å². The minimum atomic E-state index is -0.669. The lowest BCUT2D eigenvalue weighted by Gasteiger charge is -2.29. The second-order valence-electron chi connectivity index (χ2n) is 4.87. The Kier molecular flexibility index (Phi) is 3.80. The Bertz CT molecular complexity index is 606. The molecule has 0 saturated carbocycles. The Morgan fingerprint density at radius 3 is 2.60 bits per heavy atom. The van der Waals surface area contributed by atoms with Crippen LogP contribution in [0.2, 0.25) is 0 Å². The summed E-state index contributed by atoms with van der Waals surface area (Å²) in [5.41, 5.74) is 0.857. The van der Waals surface area contributed by atoms with E-state index in [9.17, 15) is 4.55 Å². The van der Waals surface area contributed by atoms with Crippen LogP contribution < -0.4 is 4.90 Å². The van der Waals surface area contributed by atoms with Crippen LogP contribution in [0.25, 0.3) is 5.65 Å². The smallest absolute Gasteiger partial charge is 0.161 e. The fourth-order valence-corrected chi connectivity index (χ4v) is 3.44. The first-order valence-electron chi connectivity index (χ1n) is 7.06. The minimum absolute atomic E-state index is 0.669. The van der Waals surface area contributed by atoms with Gasteiger partial charge in [0.2, 0.25) is 0 Å². The van der Waals surface area contributed by atoms with Crippen LogP contribution in [0.4, 0.5) is 5.82 Å². The Hall–Kier alpha value is -1.34. The fourth-order valence-electron chi connectivity index (χ4n) is 2.39. The molecule has 0 bridgehead atoms. The summed E-state index contributed by atoms with van der Waals surface area (Å²) in [6.07, 6.45) is 1.64. The van der Waals surface area contributed by atoms with Gasteiger partial charge in [-0.25, -0.2) is 9.97 Å². The third kappa shape index (κ3) is 2.47. The van der Waals surface area contributed by atoms with Gasteiger partial charge in [-0.05, 0) is 0 Å². The molecule has 7 heteroatoms. The molecule has 1 saturated heterocycles. The fraction of sp³-hybridized carbons (Fsp3) is 0.615. The highest BCUT2D eigenvalue weighted by molar-refractivity contribution is 7.91. The van der Waals surface area contributed by atoms with Gasteiger partial charge in [-0.1, -0.05) is 25.0 Å². The summed E-state index contributed by atoms with van der Waals surface area (Å²) < 4.78 is 13.3. The van der Waals surface area contributed by atoms with E-state index in [1.165, 1.54) is 0 Å². The first kappa shape index (κ1) is 13.6. The maximum absolute atomic E-state index is 11.5. The SMILES string of the molecule is CCc1nc2cc(N3CC[S+]([O-])CC3)nc(CC)n2n1. The molecule has 6 nitrogen and oxygen atoms in total. The van der Waals surface area contributed by atoms with Gasteiger partial charge in [-0.2, -0.15) is 4.52 Å². The minimum Gasteiger partial charge on any atom is -0.616 e. The number of fused-ring (bicyclic) bond motifs is 1. The maximum Gasteiger partial charge on any atom is 0.161 e. The molecule has 0 radical (unpaired) electrons. The van der Waals surface area contributed by atoms with E-state index in [2.05, 4.69) is 28.8 Å². The van der Waals surface area contributed by atoms with Crippen molar-refractivity contribution in [2.45, 2.75) is 26.7 Å². The van der Waals surface area contributed by atoms with Gasteiger partial charge in [-0.3, -0.25) is 0 Å². The zero-order valence-electron chi connectivity index (χ0n) is 11.9. The first-order chi connectivity index (χ1) is 9.71. The van der Waals surface area contributed by atoms with Gasteiger partial charge in [0.1, 0.15) is 23.1 Å². The van der Waals surface area contributed by atoms with E-state index in [4.69, 9.17) is 4.98 Å². The molecule has 0 atom stereocenters. The average molecular weight is 293 g/mol. The van der Waals surface area contributed by atoms with Crippen LogP contribution in [0.5, 0.6) is 0 Å². The molecule has 0 aliphatic carbocycles. The van der Waals surface area contributed by atoms with Gasteiger partial charge in [0.15, 0.2) is 11.5 Å². The number of aromatic nitrogens is 4. The van der Waals surface area contributed by atoms with Crippen LogP contribution in [-0.2, 0) is 24.0 Å². The van der Waals surface area contributed by atoms with Crippen molar-refractivity contribution in [1.29, 1.82) is 0 Å². The van der Waals surface area contributed by atoms with Crippen molar-refractivity contribution in [2.75, 3.05) is 29.5 Å². The normalized spacial score (nSPS) is 17.1. The van der Waals surface area contributed by atoms with Gasteiger partial charge >= 0.3 is 0 Å². The Balaban J connectivity index is 1.99. The third-order valence-electron chi connectivity index (χ3n) is 3.56. The highest BCUT2D eigenvalue weighted by Crippen LogP contribution is 2.18. The molecule has 20 heavy (non-hydrogen) atoms. The van der Waals surface area contributed by atoms with Crippen LogP contribution in [0.3, 0.4) is 0 Å². The Labute approximate surface area is 121 Å². The Morgan fingerprint density at radius 2 is 1.95 bits per heavy atom. The quantitative estimate of drug-likeness (QED) is 0.784. The zero-order valence-corrected chi connectivity index (χ0v) is 12.7. The molecule has 3 rings (SSSR count). The summed E-state index contributed by atoms with van der Waals surface area (Å²) in [5, 5.41) is 4.48. The molecule has 0 unspecified atom stereocenters. The second kappa shape index (κ2) is 5.57. The second-order valence-corrected chi connectivity index (χ2v) is 6.57. The van der Waals surface area contributed by atoms with Crippen molar-refractivity contribution < 1.29 is 4.55 Å². The van der Waals surface area contributed by atoms with Crippen molar-refractivity contribution in [3.63, 3.8) is 0 Å². The number of aryl methyl sites for hydroxylation is 2. The molecule has 108 valence electrons. The van der Waals surface area contributed by atoms with Gasteiger partial charge in [0.05, 0.1) is 13.1 Å². The first-order valence-corrected chi connectivity index (χ1v) is 8.55. The largest absolute Gasteiger partial charge is 0.616 e. The van der Waals surface area contributed by atoms with Crippen LogP contribution in [0, 0.1) is 0 Å². The molecular weight excluding hydrogens is 274 g/mol. The highest BCUT2D eigenvalue weighted by Gasteiger charge is 2.22. The van der Waals surface area contributed by atoms with E-state index in [-0.39, 0.29) is 0 Å². The number of anilines is 1. The monoisotopic (exact) mass is 293 g/mol. The van der Waals surface area contributed by atoms with Crippen molar-refractivity contribution in [3.8, 4) is 0 Å². The van der Waals surface area contributed by atoms with Crippen LogP contribution >= 0.6 is 0 Å². The van der Waals surface area contributed by atoms with E-state index < -0.39 is 11.2 Å². The molecule has 0 spiro atoms. The molecule has 0 aromatic carbocycles. The van der Waals surface area contributed by atoms with Crippen molar-refractivity contribution in [1.82, 2.24) is 19.6 Å². The zero-order chi connectivity index (χ0) is 14.1. The van der Waals surface area contributed by atoms with Gasteiger partial charge in [0.25, 0.3) is 0 Å². The van der Waals surface area contributed by atoms with Crippen molar-refractivity contribution in [3.05, 3.63) is 17.7 Å². The highest BCUT2D eigenvalue weighted by atomic mass is 32.2. The summed E-state index contributed by atoms with van der Waals surface area (Å²) >= 11 is -0.669. The van der Waals surface area contributed by atoms with E-state index >= 15 is 0 Å². The predicted molar refractivity (Wildman–Crippen MR) is 79.6 cm³/mol. The number of rotatable bonds is 3. The van der Waals surface area contributed by atoms with Gasteiger partial charge < -0.3 is 9.45 Å². The van der Waals surface area contributed by atoms with E-state index in [1.807, 2.05) is 10.6 Å². The molecule has 3 heterocycles. The third-order valence-corrected chi connectivity index (χ3v) is 4.83. The topological polar surface area (TPSA) is 69.4 Å². The molecule has 1 aliphatic rings. The van der Waals surface area contributed by atoms with E-state index in [1.54, 1.807) is 0 Å². The summed E-state index contributed by atoms with van der Waals surface area (Å²) in [6.45, 7) is 5.72. The maximum atomic E-state index is 11.5. The van der Waals surface area contributed by atoms with Gasteiger partial charge in [0, 0.05) is 18.9 Å². The molecule has 2 aromatic rings. The molecule has 2 aromatic heterocycles. The summed E-state index contributed by atoms with van der Waals surface area (Å²) in [4.78, 5) is 11.4. The number of hydrogen-bond acceptors (Lipinski definition) is 5. The molecule has 0 N–H and O–H groups in total. The van der Waals surface area contributed by atoms with Crippen LogP contribution in [-0.4, -0.2) is 48.7 Å². The molecule has 1 aliphatic heterocycles. The average Bonchev–Trinajstić information content (AvgIpc) is 2.90. The van der Waals surface area contributed by atoms with Crippen molar-refractivity contribution >= 4 is 22.6 Å². The van der Waals surface area contributed by atoms with E-state index in [0.717, 1.165) is 60.6 Å². The summed E-state index contributed by atoms with van der Waals surface area (Å²) in [6, 6.07) is 1.99.